The van der Waals surface area contributed by atoms with Gasteiger partial charge in [0.25, 0.3) is 0 Å². The van der Waals surface area contributed by atoms with Crippen molar-refractivity contribution in [2.45, 2.75) is 5.92 Å². The van der Waals surface area contributed by atoms with Gasteiger partial charge in [0.1, 0.15) is 0 Å². The van der Waals surface area contributed by atoms with Crippen LogP contribution in [0.25, 0.3) is 60.5 Å². The van der Waals surface area contributed by atoms with Crippen molar-refractivity contribution in [3.05, 3.63) is 211 Å². The van der Waals surface area contributed by atoms with Crippen LogP contribution in [0.15, 0.2) is 194 Å². The van der Waals surface area contributed by atoms with Crippen LogP contribution in [-0.2, 0) is 0 Å². The Kier molecular flexibility index (Phi) is 6.95. The van der Waals surface area contributed by atoms with Gasteiger partial charge in [-0.25, -0.2) is 0 Å². The second-order valence-corrected chi connectivity index (χ2v) is 12.5. The Bertz CT molecular complexity index is 2520. The Labute approximate surface area is 281 Å². The highest BCUT2D eigenvalue weighted by Gasteiger charge is 2.20. The van der Waals surface area contributed by atoms with Gasteiger partial charge in [0.2, 0.25) is 0 Å². The molecule has 0 saturated heterocycles. The van der Waals surface area contributed by atoms with Gasteiger partial charge in [0.05, 0.1) is 11.0 Å². The largest absolute Gasteiger partial charge is 0.309 e. The molecule has 0 amide bonds. The van der Waals surface area contributed by atoms with Gasteiger partial charge in [-0.3, -0.25) is 0 Å². The lowest BCUT2D eigenvalue weighted by atomic mass is 9.82. The fourth-order valence-electron chi connectivity index (χ4n) is 7.44. The molecule has 0 aliphatic rings. The molecule has 0 radical (unpaired) electrons. The Balaban J connectivity index is 1.18. The van der Waals surface area contributed by atoms with E-state index in [1.165, 1.54) is 77.2 Å². The Hall–Kier alpha value is -6.18. The summed E-state index contributed by atoms with van der Waals surface area (Å²) in [5.41, 5.74) is 12.4. The molecule has 9 aromatic rings. The van der Waals surface area contributed by atoms with E-state index >= 15 is 0 Å². The van der Waals surface area contributed by atoms with E-state index < -0.39 is 0 Å². The van der Waals surface area contributed by atoms with E-state index in [0.717, 1.165) is 0 Å². The molecule has 0 aliphatic heterocycles. The van der Waals surface area contributed by atoms with Crippen LogP contribution in [0.1, 0.15) is 22.6 Å². The highest BCUT2D eigenvalue weighted by molar-refractivity contribution is 6.11. The van der Waals surface area contributed by atoms with Crippen molar-refractivity contribution in [1.29, 1.82) is 0 Å². The highest BCUT2D eigenvalue weighted by atomic mass is 15.0. The Morgan fingerprint density at radius 2 is 0.833 bits per heavy atom. The average molecular weight is 612 g/mol. The lowest BCUT2D eigenvalue weighted by Crippen LogP contribution is -2.04. The molecule has 1 atom stereocenters. The second kappa shape index (κ2) is 11.9. The van der Waals surface area contributed by atoms with Gasteiger partial charge in [-0.2, -0.15) is 0 Å². The zero-order valence-electron chi connectivity index (χ0n) is 26.5. The van der Waals surface area contributed by atoms with Crippen LogP contribution in [0, 0.1) is 0 Å². The fourth-order valence-corrected chi connectivity index (χ4v) is 7.44. The van der Waals surface area contributed by atoms with Crippen molar-refractivity contribution in [2.75, 3.05) is 0 Å². The normalized spacial score (nSPS) is 12.1. The Morgan fingerprint density at radius 3 is 1.50 bits per heavy atom. The zero-order valence-corrected chi connectivity index (χ0v) is 26.5. The van der Waals surface area contributed by atoms with Gasteiger partial charge in [0, 0.05) is 22.4 Å². The summed E-state index contributed by atoms with van der Waals surface area (Å²) in [6, 6.07) is 70.7. The smallest absolute Gasteiger partial charge is 0.0541 e. The number of hydrogen-bond acceptors (Lipinski definition) is 0. The molecule has 48 heavy (non-hydrogen) atoms. The van der Waals surface area contributed by atoms with Gasteiger partial charge >= 0.3 is 0 Å². The van der Waals surface area contributed by atoms with Crippen LogP contribution in [0.5, 0.6) is 0 Å². The number of fused-ring (bicyclic) bond motifs is 4. The number of hydrogen-bond donors (Lipinski definition) is 0. The predicted octanol–water partition coefficient (Wildman–Crippen LogP) is 12.5. The number of aromatic nitrogens is 1. The van der Waals surface area contributed by atoms with E-state index in [-0.39, 0.29) is 5.92 Å². The minimum Gasteiger partial charge on any atom is -0.309 e. The molecule has 8 aromatic carbocycles. The van der Waals surface area contributed by atoms with Gasteiger partial charge in [-0.15, -0.1) is 0 Å². The van der Waals surface area contributed by atoms with Gasteiger partial charge in [-0.05, 0) is 86.1 Å². The third-order valence-corrected chi connectivity index (χ3v) is 9.73. The summed E-state index contributed by atoms with van der Waals surface area (Å²) in [7, 11) is 0. The van der Waals surface area contributed by atoms with Crippen LogP contribution in [0.4, 0.5) is 0 Å². The minimum absolute atomic E-state index is 0.133. The molecule has 0 aliphatic carbocycles. The predicted molar refractivity (Wildman–Crippen MR) is 203 cm³/mol. The molecule has 1 aromatic heterocycles. The van der Waals surface area contributed by atoms with E-state index in [1.54, 1.807) is 0 Å². The van der Waals surface area contributed by atoms with E-state index in [0.29, 0.717) is 0 Å². The molecule has 1 heteroatoms. The Morgan fingerprint density at radius 1 is 0.333 bits per heavy atom. The summed E-state index contributed by atoms with van der Waals surface area (Å²) in [6.45, 7) is 0. The van der Waals surface area contributed by atoms with Gasteiger partial charge in [-0.1, -0.05) is 158 Å². The maximum absolute atomic E-state index is 2.39. The second-order valence-electron chi connectivity index (χ2n) is 12.5. The van der Waals surface area contributed by atoms with Crippen molar-refractivity contribution in [3.63, 3.8) is 0 Å². The third kappa shape index (κ3) is 4.89. The number of benzene rings is 8. The molecule has 0 N–H and O–H groups in total. The van der Waals surface area contributed by atoms with E-state index in [2.05, 4.69) is 199 Å². The summed E-state index contributed by atoms with van der Waals surface area (Å²) in [5, 5.41) is 5.08. The first-order chi connectivity index (χ1) is 23.8. The maximum atomic E-state index is 2.39. The van der Waals surface area contributed by atoms with E-state index in [1.807, 2.05) is 0 Å². The summed E-state index contributed by atoms with van der Waals surface area (Å²) < 4.78 is 2.39. The standard InChI is InChI=1S/C47H33N/c1-4-13-33(14-5-1)38-27-29-45-43(31-38)44-32-39(28-30-46(44)48(45)40-19-8-3-9-20-40)34-23-25-37(26-24-34)47(36-16-6-2-7-17-36)42-22-12-18-35-15-10-11-21-41(35)42/h1-32,47H. The average Bonchev–Trinajstić information content (AvgIpc) is 3.49. The molecular formula is C47H33N. The van der Waals surface area contributed by atoms with Crippen LogP contribution in [-0.4, -0.2) is 4.57 Å². The summed E-state index contributed by atoms with van der Waals surface area (Å²) in [4.78, 5) is 0. The van der Waals surface area contributed by atoms with Crippen molar-refractivity contribution in [2.24, 2.45) is 0 Å². The number of rotatable bonds is 6. The third-order valence-electron chi connectivity index (χ3n) is 9.73. The molecule has 1 nitrogen and oxygen atoms in total. The molecule has 0 saturated carbocycles. The van der Waals surface area contributed by atoms with Crippen LogP contribution >= 0.6 is 0 Å². The number of nitrogens with zero attached hydrogens (tertiary/aromatic N) is 1. The molecule has 226 valence electrons. The summed E-state index contributed by atoms with van der Waals surface area (Å²) in [5.74, 6) is 0.133. The molecular weight excluding hydrogens is 579 g/mol. The molecule has 1 unspecified atom stereocenters. The quantitative estimate of drug-likeness (QED) is 0.165. The molecule has 0 fully saturated rings. The van der Waals surface area contributed by atoms with E-state index in [9.17, 15) is 0 Å². The lowest BCUT2D eigenvalue weighted by molar-refractivity contribution is 0.989. The SMILES string of the molecule is c1ccc(-c2ccc3c(c2)c2cc(-c4ccc(C(c5ccccc5)c5cccc6ccccc56)cc4)ccc2n3-c2ccccc2)cc1. The van der Waals surface area contributed by atoms with E-state index in [4.69, 9.17) is 0 Å². The molecule has 0 spiro atoms. The monoisotopic (exact) mass is 611 g/mol. The highest BCUT2D eigenvalue weighted by Crippen LogP contribution is 2.39. The fraction of sp³-hybridized carbons (Fsp3) is 0.0213. The first-order valence-corrected chi connectivity index (χ1v) is 16.6. The minimum atomic E-state index is 0.133. The van der Waals surface area contributed by atoms with Crippen LogP contribution < -0.4 is 0 Å². The van der Waals surface area contributed by atoms with Crippen molar-refractivity contribution in [1.82, 2.24) is 4.57 Å². The van der Waals surface area contributed by atoms with Crippen molar-refractivity contribution >= 4 is 32.6 Å². The lowest BCUT2D eigenvalue weighted by Gasteiger charge is -2.21. The van der Waals surface area contributed by atoms with Gasteiger partial charge < -0.3 is 4.57 Å². The molecule has 9 rings (SSSR count). The molecule has 0 bridgehead atoms. The summed E-state index contributed by atoms with van der Waals surface area (Å²) >= 11 is 0. The maximum Gasteiger partial charge on any atom is 0.0541 e. The summed E-state index contributed by atoms with van der Waals surface area (Å²) in [6.07, 6.45) is 0. The van der Waals surface area contributed by atoms with Gasteiger partial charge in [0.15, 0.2) is 0 Å². The van der Waals surface area contributed by atoms with Crippen molar-refractivity contribution < 1.29 is 0 Å². The van der Waals surface area contributed by atoms with Crippen molar-refractivity contribution in [3.8, 4) is 27.9 Å². The van der Waals surface area contributed by atoms with Crippen LogP contribution in [0.3, 0.4) is 0 Å². The first-order valence-electron chi connectivity index (χ1n) is 16.6. The topological polar surface area (TPSA) is 4.93 Å². The first kappa shape index (κ1) is 28.1. The van der Waals surface area contributed by atoms with Crippen LogP contribution in [0.2, 0.25) is 0 Å². The number of para-hydroxylation sites is 1. The zero-order chi connectivity index (χ0) is 31.9. The molecule has 1 heterocycles.